The molecule has 0 amide bonds. The van der Waals surface area contributed by atoms with Gasteiger partial charge in [0.05, 0.1) is 6.54 Å². The lowest BCUT2D eigenvalue weighted by atomic mass is 10.2. The van der Waals surface area contributed by atoms with E-state index in [1.54, 1.807) is 0 Å². The van der Waals surface area contributed by atoms with E-state index in [9.17, 15) is 0 Å². The maximum Gasteiger partial charge on any atom is 0.117 e. The van der Waals surface area contributed by atoms with Crippen LogP contribution in [0.2, 0.25) is 0 Å². The first-order valence-corrected chi connectivity index (χ1v) is 4.51. The zero-order valence-corrected chi connectivity index (χ0v) is 9.28. The molecule has 0 spiro atoms. The minimum Gasteiger partial charge on any atom is -0.465 e. The quantitative estimate of drug-likeness (QED) is 0.814. The summed E-state index contributed by atoms with van der Waals surface area (Å²) < 4.78 is 5.42. The summed E-state index contributed by atoms with van der Waals surface area (Å²) in [6.07, 6.45) is 1.15. The number of nitrogens with one attached hydrogen (secondary N) is 1. The average Bonchev–Trinajstić information content (AvgIpc) is 2.47. The van der Waals surface area contributed by atoms with Crippen molar-refractivity contribution in [2.24, 2.45) is 0 Å². The second-order valence-electron chi connectivity index (χ2n) is 3.20. The van der Waals surface area contributed by atoms with Crippen LogP contribution < -0.4 is 5.32 Å². The van der Waals surface area contributed by atoms with E-state index in [0.717, 1.165) is 24.5 Å². The van der Waals surface area contributed by atoms with Gasteiger partial charge in [-0.25, -0.2) is 0 Å². The Balaban J connectivity index is 0.00000144. The lowest BCUT2D eigenvalue weighted by molar-refractivity contribution is 0.436. The third-order valence-corrected chi connectivity index (χ3v) is 2.03. The SMILES string of the molecule is CCC(C)NCc1ccc(C)o1.Cl. The normalized spacial score (nSPS) is 12.2. The second-order valence-corrected chi connectivity index (χ2v) is 3.20. The number of aryl methyl sites for hydroxylation is 1. The van der Waals surface area contributed by atoms with Crippen LogP contribution in [0, 0.1) is 6.92 Å². The lowest BCUT2D eigenvalue weighted by Crippen LogP contribution is -2.24. The van der Waals surface area contributed by atoms with E-state index in [-0.39, 0.29) is 12.4 Å². The maximum absolute atomic E-state index is 5.42. The molecule has 0 aromatic carbocycles. The van der Waals surface area contributed by atoms with Crippen molar-refractivity contribution in [2.75, 3.05) is 0 Å². The van der Waals surface area contributed by atoms with Gasteiger partial charge in [-0.2, -0.15) is 0 Å². The third kappa shape index (κ3) is 4.34. The number of rotatable bonds is 4. The van der Waals surface area contributed by atoms with Crippen LogP contribution in [-0.2, 0) is 6.54 Å². The van der Waals surface area contributed by atoms with Crippen molar-refractivity contribution in [1.29, 1.82) is 0 Å². The van der Waals surface area contributed by atoms with Gasteiger partial charge in [0.25, 0.3) is 0 Å². The zero-order chi connectivity index (χ0) is 8.97. The topological polar surface area (TPSA) is 25.2 Å². The number of hydrogen-bond donors (Lipinski definition) is 1. The molecule has 1 aromatic rings. The van der Waals surface area contributed by atoms with Crippen LogP contribution in [0.25, 0.3) is 0 Å². The third-order valence-electron chi connectivity index (χ3n) is 2.03. The summed E-state index contributed by atoms with van der Waals surface area (Å²) in [5.41, 5.74) is 0. The molecule has 0 bridgehead atoms. The van der Waals surface area contributed by atoms with Gasteiger partial charge in [-0.05, 0) is 32.4 Å². The molecule has 1 N–H and O–H groups in total. The van der Waals surface area contributed by atoms with Crippen molar-refractivity contribution in [3.05, 3.63) is 23.7 Å². The molecular formula is C10H18ClNO. The Hall–Kier alpha value is -0.470. The molecule has 0 radical (unpaired) electrons. The number of halogens is 1. The molecule has 0 aliphatic rings. The Morgan fingerprint density at radius 3 is 2.62 bits per heavy atom. The van der Waals surface area contributed by atoms with E-state index in [4.69, 9.17) is 4.42 Å². The van der Waals surface area contributed by atoms with Crippen LogP contribution in [0.1, 0.15) is 31.8 Å². The Morgan fingerprint density at radius 2 is 2.15 bits per heavy atom. The monoisotopic (exact) mass is 203 g/mol. The highest BCUT2D eigenvalue weighted by atomic mass is 35.5. The van der Waals surface area contributed by atoms with Crippen LogP contribution in [0.5, 0.6) is 0 Å². The van der Waals surface area contributed by atoms with Crippen molar-refractivity contribution in [3.8, 4) is 0 Å². The lowest BCUT2D eigenvalue weighted by Gasteiger charge is -2.08. The first-order valence-electron chi connectivity index (χ1n) is 4.51. The van der Waals surface area contributed by atoms with Crippen LogP contribution in [0.15, 0.2) is 16.5 Å². The summed E-state index contributed by atoms with van der Waals surface area (Å²) in [4.78, 5) is 0. The van der Waals surface area contributed by atoms with E-state index < -0.39 is 0 Å². The number of hydrogen-bond acceptors (Lipinski definition) is 2. The minimum absolute atomic E-state index is 0. The molecule has 0 saturated carbocycles. The molecule has 0 saturated heterocycles. The smallest absolute Gasteiger partial charge is 0.117 e. The molecular weight excluding hydrogens is 186 g/mol. The Labute approximate surface area is 86.1 Å². The molecule has 1 heterocycles. The molecule has 1 rings (SSSR count). The van der Waals surface area contributed by atoms with E-state index in [1.165, 1.54) is 0 Å². The minimum atomic E-state index is 0. The molecule has 0 fully saturated rings. The summed E-state index contributed by atoms with van der Waals surface area (Å²) >= 11 is 0. The molecule has 1 unspecified atom stereocenters. The van der Waals surface area contributed by atoms with Crippen LogP contribution in [0.4, 0.5) is 0 Å². The highest BCUT2D eigenvalue weighted by molar-refractivity contribution is 5.85. The van der Waals surface area contributed by atoms with Crippen molar-refractivity contribution >= 4 is 12.4 Å². The molecule has 1 aromatic heterocycles. The molecule has 3 heteroatoms. The van der Waals surface area contributed by atoms with Gasteiger partial charge in [0, 0.05) is 6.04 Å². The predicted octanol–water partition coefficient (Wildman–Crippen LogP) is 2.90. The van der Waals surface area contributed by atoms with E-state index in [1.807, 2.05) is 19.1 Å². The predicted molar refractivity (Wildman–Crippen MR) is 57.3 cm³/mol. The van der Waals surface area contributed by atoms with Crippen LogP contribution in [-0.4, -0.2) is 6.04 Å². The van der Waals surface area contributed by atoms with Gasteiger partial charge in [-0.15, -0.1) is 12.4 Å². The Morgan fingerprint density at radius 1 is 1.46 bits per heavy atom. The summed E-state index contributed by atoms with van der Waals surface area (Å²) in [5, 5.41) is 3.37. The average molecular weight is 204 g/mol. The number of furan rings is 1. The van der Waals surface area contributed by atoms with Gasteiger partial charge in [-0.3, -0.25) is 0 Å². The first-order chi connectivity index (χ1) is 5.72. The van der Waals surface area contributed by atoms with Gasteiger partial charge >= 0.3 is 0 Å². The molecule has 76 valence electrons. The fourth-order valence-corrected chi connectivity index (χ4v) is 0.999. The molecule has 13 heavy (non-hydrogen) atoms. The molecule has 1 atom stereocenters. The Kier molecular flexibility index (Phi) is 5.84. The summed E-state index contributed by atoms with van der Waals surface area (Å²) in [6.45, 7) is 7.15. The summed E-state index contributed by atoms with van der Waals surface area (Å²) in [5.74, 6) is 2.00. The largest absolute Gasteiger partial charge is 0.465 e. The van der Waals surface area contributed by atoms with Gasteiger partial charge in [0.2, 0.25) is 0 Å². The van der Waals surface area contributed by atoms with Gasteiger partial charge < -0.3 is 9.73 Å². The fraction of sp³-hybridized carbons (Fsp3) is 0.600. The Bertz CT molecular complexity index is 235. The molecule has 0 aliphatic heterocycles. The van der Waals surface area contributed by atoms with E-state index in [2.05, 4.69) is 19.2 Å². The highest BCUT2D eigenvalue weighted by Gasteiger charge is 2.00. The van der Waals surface area contributed by atoms with Crippen molar-refractivity contribution in [3.63, 3.8) is 0 Å². The molecule has 2 nitrogen and oxygen atoms in total. The van der Waals surface area contributed by atoms with Crippen molar-refractivity contribution in [2.45, 2.75) is 39.8 Å². The van der Waals surface area contributed by atoms with Gasteiger partial charge in [0.15, 0.2) is 0 Å². The molecule has 0 aliphatic carbocycles. The fourth-order valence-electron chi connectivity index (χ4n) is 0.999. The van der Waals surface area contributed by atoms with Crippen LogP contribution in [0.3, 0.4) is 0 Å². The zero-order valence-electron chi connectivity index (χ0n) is 8.46. The van der Waals surface area contributed by atoms with E-state index >= 15 is 0 Å². The maximum atomic E-state index is 5.42. The first kappa shape index (κ1) is 12.5. The summed E-state index contributed by atoms with van der Waals surface area (Å²) in [6, 6.07) is 4.58. The van der Waals surface area contributed by atoms with Crippen LogP contribution >= 0.6 is 12.4 Å². The van der Waals surface area contributed by atoms with Crippen molar-refractivity contribution < 1.29 is 4.42 Å². The second kappa shape index (κ2) is 6.06. The summed E-state index contributed by atoms with van der Waals surface area (Å²) in [7, 11) is 0. The standard InChI is InChI=1S/C10H17NO.ClH/c1-4-8(2)11-7-10-6-5-9(3)12-10;/h5-6,8,11H,4,7H2,1-3H3;1H. The van der Waals surface area contributed by atoms with E-state index in [0.29, 0.717) is 6.04 Å². The van der Waals surface area contributed by atoms with Gasteiger partial charge in [0.1, 0.15) is 11.5 Å². The van der Waals surface area contributed by atoms with Gasteiger partial charge in [-0.1, -0.05) is 6.92 Å². The van der Waals surface area contributed by atoms with Crippen molar-refractivity contribution in [1.82, 2.24) is 5.32 Å². The highest BCUT2D eigenvalue weighted by Crippen LogP contribution is 2.05.